The lowest BCUT2D eigenvalue weighted by molar-refractivity contribution is -0.117. The molecule has 0 aromatic carbocycles. The largest absolute Gasteiger partial charge is 0.335 e. The van der Waals surface area contributed by atoms with Gasteiger partial charge in [-0.05, 0) is 24.8 Å². The summed E-state index contributed by atoms with van der Waals surface area (Å²) >= 11 is 13.2. The molecule has 0 bridgehead atoms. The van der Waals surface area contributed by atoms with E-state index in [0.29, 0.717) is 26.8 Å². The summed E-state index contributed by atoms with van der Waals surface area (Å²) in [5.41, 5.74) is 0.461. The number of carbonyl (C=O) groups excluding carboxylic acids is 2. The number of imide groups is 1. The third-order valence-corrected chi connectivity index (χ3v) is 5.84. The number of aromatic nitrogens is 3. The van der Waals surface area contributed by atoms with Crippen LogP contribution in [0.3, 0.4) is 0 Å². The van der Waals surface area contributed by atoms with Crippen molar-refractivity contribution in [1.82, 2.24) is 25.2 Å². The van der Waals surface area contributed by atoms with Crippen molar-refractivity contribution in [2.45, 2.75) is 43.8 Å². The first-order valence-corrected chi connectivity index (χ1v) is 10.1. The van der Waals surface area contributed by atoms with E-state index >= 15 is 0 Å². The second-order valence-electron chi connectivity index (χ2n) is 6.36. The highest BCUT2D eigenvalue weighted by molar-refractivity contribution is 7.99. The van der Waals surface area contributed by atoms with Gasteiger partial charge in [0.2, 0.25) is 5.91 Å². The molecule has 0 aliphatic heterocycles. The number of urea groups is 1. The highest BCUT2D eigenvalue weighted by atomic mass is 35.5. The Morgan fingerprint density at radius 3 is 2.85 bits per heavy atom. The van der Waals surface area contributed by atoms with E-state index in [1.165, 1.54) is 6.42 Å². The minimum Gasteiger partial charge on any atom is -0.335 e. The Balaban J connectivity index is 1.53. The number of amides is 3. The zero-order chi connectivity index (χ0) is 18.7. The molecule has 1 fully saturated rings. The van der Waals surface area contributed by atoms with Crippen molar-refractivity contribution >= 4 is 52.5 Å². The molecule has 26 heavy (non-hydrogen) atoms. The zero-order valence-electron chi connectivity index (χ0n) is 14.2. The number of nitrogens with one attached hydrogen (secondary N) is 2. The number of pyridine rings is 1. The van der Waals surface area contributed by atoms with E-state index in [4.69, 9.17) is 23.2 Å². The number of hydrogen-bond acceptors (Lipinski definition) is 5. The van der Waals surface area contributed by atoms with Gasteiger partial charge in [-0.2, -0.15) is 0 Å². The summed E-state index contributed by atoms with van der Waals surface area (Å²) in [6, 6.07) is 1.24. The van der Waals surface area contributed by atoms with Crippen LogP contribution in [0, 0.1) is 5.92 Å². The van der Waals surface area contributed by atoms with Crippen LogP contribution in [0.15, 0.2) is 17.4 Å². The smallest absolute Gasteiger partial charge is 0.321 e. The van der Waals surface area contributed by atoms with Crippen LogP contribution in [0.5, 0.6) is 0 Å². The minimum atomic E-state index is -0.452. The van der Waals surface area contributed by atoms with E-state index in [0.717, 1.165) is 31.0 Å². The zero-order valence-corrected chi connectivity index (χ0v) is 16.5. The second-order valence-corrected chi connectivity index (χ2v) is 8.15. The molecular weight excluding hydrogens is 397 g/mol. The first kappa shape index (κ1) is 19.3. The van der Waals surface area contributed by atoms with Gasteiger partial charge in [-0.3, -0.25) is 14.5 Å². The Bertz CT molecular complexity index is 828. The maximum absolute atomic E-state index is 12.0. The molecule has 2 unspecified atom stereocenters. The Hall–Kier alpha value is -1.51. The molecule has 1 aliphatic carbocycles. The molecule has 2 atom stereocenters. The normalized spacial score (nSPS) is 20.1. The summed E-state index contributed by atoms with van der Waals surface area (Å²) in [5, 5.41) is 14.5. The predicted octanol–water partition coefficient (Wildman–Crippen LogP) is 3.53. The van der Waals surface area contributed by atoms with Gasteiger partial charge in [-0.25, -0.2) is 4.79 Å². The second kappa shape index (κ2) is 8.45. The van der Waals surface area contributed by atoms with Gasteiger partial charge in [0.25, 0.3) is 0 Å². The molecule has 7 nitrogen and oxygen atoms in total. The monoisotopic (exact) mass is 415 g/mol. The van der Waals surface area contributed by atoms with Gasteiger partial charge in [0.05, 0.1) is 15.8 Å². The number of nitrogens with zero attached hydrogens (tertiary/aromatic N) is 3. The van der Waals surface area contributed by atoms with Gasteiger partial charge >= 0.3 is 6.03 Å². The van der Waals surface area contributed by atoms with Crippen molar-refractivity contribution in [3.63, 3.8) is 0 Å². The van der Waals surface area contributed by atoms with Gasteiger partial charge < -0.3 is 5.32 Å². The lowest BCUT2D eigenvalue weighted by atomic mass is 9.86. The van der Waals surface area contributed by atoms with Crippen LogP contribution in [0.4, 0.5) is 4.79 Å². The first-order chi connectivity index (χ1) is 12.4. The van der Waals surface area contributed by atoms with Gasteiger partial charge in [0.1, 0.15) is 0 Å². The van der Waals surface area contributed by atoms with Crippen LogP contribution >= 0.6 is 35.0 Å². The van der Waals surface area contributed by atoms with Crippen LogP contribution in [-0.2, 0) is 4.79 Å². The Kier molecular flexibility index (Phi) is 6.26. The molecule has 0 radical (unpaired) electrons. The summed E-state index contributed by atoms with van der Waals surface area (Å²) in [5.74, 6) is 0.0510. The quantitative estimate of drug-likeness (QED) is 0.745. The van der Waals surface area contributed by atoms with E-state index in [1.807, 2.05) is 0 Å². The summed E-state index contributed by atoms with van der Waals surface area (Å²) in [7, 11) is 0. The molecule has 3 rings (SSSR count). The fourth-order valence-corrected chi connectivity index (χ4v) is 4.25. The summed E-state index contributed by atoms with van der Waals surface area (Å²) in [4.78, 5) is 24.0. The number of carbonyl (C=O) groups is 2. The maximum Gasteiger partial charge on any atom is 0.321 e. The number of halogens is 2. The van der Waals surface area contributed by atoms with Crippen LogP contribution in [0.1, 0.15) is 32.6 Å². The SMILES string of the molecule is CC1CCCCC1NC(=O)NC(=O)CSc1nnc2c(Cl)cc(Cl)cn12. The van der Waals surface area contributed by atoms with Gasteiger partial charge in [-0.1, -0.05) is 54.7 Å². The maximum atomic E-state index is 12.0. The molecule has 0 saturated heterocycles. The number of fused-ring (bicyclic) bond motifs is 1. The molecule has 2 aromatic heterocycles. The van der Waals surface area contributed by atoms with Crippen molar-refractivity contribution in [2.24, 2.45) is 5.92 Å². The fourth-order valence-electron chi connectivity index (χ4n) is 3.03. The van der Waals surface area contributed by atoms with Gasteiger partial charge in [-0.15, -0.1) is 10.2 Å². The predicted molar refractivity (Wildman–Crippen MR) is 102 cm³/mol. The molecule has 1 aliphatic rings. The van der Waals surface area contributed by atoms with E-state index in [-0.39, 0.29) is 11.8 Å². The third kappa shape index (κ3) is 4.61. The highest BCUT2D eigenvalue weighted by Crippen LogP contribution is 2.25. The molecule has 2 heterocycles. The third-order valence-electron chi connectivity index (χ3n) is 4.41. The Morgan fingerprint density at radius 1 is 1.31 bits per heavy atom. The molecule has 140 valence electrons. The van der Waals surface area contributed by atoms with Crippen LogP contribution in [0.2, 0.25) is 10.0 Å². The van der Waals surface area contributed by atoms with E-state index < -0.39 is 11.9 Å². The molecule has 10 heteroatoms. The van der Waals surface area contributed by atoms with Crippen LogP contribution in [-0.4, -0.2) is 38.3 Å². The summed E-state index contributed by atoms with van der Waals surface area (Å²) < 4.78 is 1.62. The summed E-state index contributed by atoms with van der Waals surface area (Å²) in [6.07, 6.45) is 5.96. The summed E-state index contributed by atoms with van der Waals surface area (Å²) in [6.45, 7) is 2.12. The molecule has 0 spiro atoms. The average molecular weight is 416 g/mol. The van der Waals surface area contributed by atoms with Crippen molar-refractivity contribution < 1.29 is 9.59 Å². The highest BCUT2D eigenvalue weighted by Gasteiger charge is 2.23. The van der Waals surface area contributed by atoms with Gasteiger partial charge in [0, 0.05) is 12.2 Å². The van der Waals surface area contributed by atoms with Gasteiger partial charge in [0.15, 0.2) is 10.8 Å². The topological polar surface area (TPSA) is 88.4 Å². The number of thioether (sulfide) groups is 1. The lowest BCUT2D eigenvalue weighted by Crippen LogP contribution is -2.48. The molecule has 3 amide bonds. The fraction of sp³-hybridized carbons (Fsp3) is 0.500. The Morgan fingerprint density at radius 2 is 2.08 bits per heavy atom. The van der Waals surface area contributed by atoms with Crippen molar-refractivity contribution in [1.29, 1.82) is 0 Å². The van der Waals surface area contributed by atoms with Crippen molar-refractivity contribution in [3.8, 4) is 0 Å². The molecule has 2 aromatic rings. The van der Waals surface area contributed by atoms with Crippen molar-refractivity contribution in [2.75, 3.05) is 5.75 Å². The number of hydrogen-bond donors (Lipinski definition) is 2. The van der Waals surface area contributed by atoms with Crippen LogP contribution < -0.4 is 10.6 Å². The average Bonchev–Trinajstić information content (AvgIpc) is 2.98. The lowest BCUT2D eigenvalue weighted by Gasteiger charge is -2.29. The first-order valence-electron chi connectivity index (χ1n) is 8.37. The van der Waals surface area contributed by atoms with E-state index in [9.17, 15) is 9.59 Å². The van der Waals surface area contributed by atoms with E-state index in [1.54, 1.807) is 16.7 Å². The van der Waals surface area contributed by atoms with E-state index in [2.05, 4.69) is 27.8 Å². The molecular formula is C16H19Cl2N5O2S. The molecule has 1 saturated carbocycles. The van der Waals surface area contributed by atoms with Crippen LogP contribution in [0.25, 0.3) is 5.65 Å². The molecule has 2 N–H and O–H groups in total. The Labute approximate surface area is 165 Å². The standard InChI is InChI=1S/C16H19Cl2N5O2S/c1-9-4-2-3-5-12(9)19-15(25)20-13(24)8-26-16-22-21-14-11(18)6-10(17)7-23(14)16/h6-7,9,12H,2-5,8H2,1H3,(H2,19,20,24,25). The minimum absolute atomic E-state index is 0.0264. The number of rotatable bonds is 4. The van der Waals surface area contributed by atoms with Crippen molar-refractivity contribution in [3.05, 3.63) is 22.3 Å².